The molecule has 2 unspecified atom stereocenters. The SMILES string of the molecule is CCC1CC(c2nc3c(-c4ccc(-c5ccn(C)n5)nc4)cnn3c3c2C(=O)CCN3)CCN1C(=O)C(C)(CO)CO. The molecule has 12 heteroatoms. The molecule has 0 spiro atoms. The molecule has 0 radical (unpaired) electrons. The molecule has 1 saturated heterocycles. The van der Waals surface area contributed by atoms with E-state index in [9.17, 15) is 19.8 Å². The van der Waals surface area contributed by atoms with Gasteiger partial charge in [0.2, 0.25) is 5.91 Å². The van der Waals surface area contributed by atoms with Gasteiger partial charge in [-0.25, -0.2) is 4.98 Å². The van der Waals surface area contributed by atoms with Gasteiger partial charge < -0.3 is 20.4 Å². The fourth-order valence-electron chi connectivity index (χ4n) is 6.11. The third-order valence-corrected chi connectivity index (χ3v) is 8.70. The van der Waals surface area contributed by atoms with Gasteiger partial charge in [0.15, 0.2) is 11.4 Å². The molecule has 1 fully saturated rings. The molecular formula is C30H36N8O4. The Bertz CT molecular complexity index is 1640. The zero-order valence-corrected chi connectivity index (χ0v) is 24.1. The molecule has 2 aliphatic rings. The van der Waals surface area contributed by atoms with Crippen molar-refractivity contribution >= 4 is 23.2 Å². The summed E-state index contributed by atoms with van der Waals surface area (Å²) in [4.78, 5) is 38.2. The van der Waals surface area contributed by atoms with E-state index in [4.69, 9.17) is 4.98 Å². The van der Waals surface area contributed by atoms with E-state index >= 15 is 0 Å². The van der Waals surface area contributed by atoms with Gasteiger partial charge in [-0.2, -0.15) is 14.7 Å². The van der Waals surface area contributed by atoms with Crippen LogP contribution in [0.1, 0.15) is 61.5 Å². The molecule has 0 saturated carbocycles. The first-order chi connectivity index (χ1) is 20.3. The number of aliphatic hydroxyl groups is 2. The number of ketones is 1. The minimum absolute atomic E-state index is 0.0336. The van der Waals surface area contributed by atoms with Gasteiger partial charge in [-0.1, -0.05) is 13.0 Å². The number of hydrogen-bond donors (Lipinski definition) is 3. The highest BCUT2D eigenvalue weighted by molar-refractivity contribution is 6.04. The second-order valence-corrected chi connectivity index (χ2v) is 11.6. The van der Waals surface area contributed by atoms with Crippen molar-refractivity contribution in [3.05, 3.63) is 48.0 Å². The number of pyridine rings is 1. The minimum atomic E-state index is -1.23. The van der Waals surface area contributed by atoms with Crippen LogP contribution in [0.15, 0.2) is 36.8 Å². The molecule has 42 heavy (non-hydrogen) atoms. The van der Waals surface area contributed by atoms with E-state index in [0.29, 0.717) is 55.8 Å². The van der Waals surface area contributed by atoms with E-state index in [1.54, 1.807) is 33.4 Å². The number of nitrogens with one attached hydrogen (secondary N) is 1. The van der Waals surface area contributed by atoms with Crippen LogP contribution in [-0.4, -0.2) is 88.5 Å². The van der Waals surface area contributed by atoms with Crippen LogP contribution in [0.25, 0.3) is 28.2 Å². The first kappa shape index (κ1) is 28.0. The average Bonchev–Trinajstić information content (AvgIpc) is 3.66. The Morgan fingerprint density at radius 3 is 2.64 bits per heavy atom. The van der Waals surface area contributed by atoms with Crippen LogP contribution in [-0.2, 0) is 11.8 Å². The van der Waals surface area contributed by atoms with Crippen molar-refractivity contribution in [2.24, 2.45) is 12.5 Å². The Labute approximate surface area is 243 Å². The third kappa shape index (κ3) is 4.64. The van der Waals surface area contributed by atoms with Gasteiger partial charge in [-0.05, 0) is 38.3 Å². The minimum Gasteiger partial charge on any atom is -0.395 e. The number of amides is 1. The number of nitrogens with zero attached hydrogens (tertiary/aromatic N) is 7. The van der Waals surface area contributed by atoms with Crippen molar-refractivity contribution in [1.29, 1.82) is 0 Å². The molecule has 4 aromatic heterocycles. The Morgan fingerprint density at radius 1 is 1.17 bits per heavy atom. The molecule has 0 aliphatic carbocycles. The van der Waals surface area contributed by atoms with Crippen LogP contribution in [0.5, 0.6) is 0 Å². The van der Waals surface area contributed by atoms with E-state index in [2.05, 4.69) is 20.5 Å². The number of aliphatic hydroxyl groups excluding tert-OH is 2. The van der Waals surface area contributed by atoms with Crippen LogP contribution in [0.4, 0.5) is 5.82 Å². The number of aryl methyl sites for hydroxylation is 1. The van der Waals surface area contributed by atoms with Gasteiger partial charge in [0.1, 0.15) is 11.5 Å². The highest BCUT2D eigenvalue weighted by Crippen LogP contribution is 2.40. The van der Waals surface area contributed by atoms with E-state index in [0.717, 1.165) is 28.2 Å². The number of carbonyl (C=O) groups is 2. The van der Waals surface area contributed by atoms with E-state index in [-0.39, 0.29) is 23.7 Å². The first-order valence-corrected chi connectivity index (χ1v) is 14.5. The van der Waals surface area contributed by atoms with Gasteiger partial charge in [-0.3, -0.25) is 19.3 Å². The molecule has 1 amide bonds. The summed E-state index contributed by atoms with van der Waals surface area (Å²) in [6, 6.07) is 5.70. The van der Waals surface area contributed by atoms with Crippen molar-refractivity contribution in [3.63, 3.8) is 0 Å². The van der Waals surface area contributed by atoms with Crippen LogP contribution in [0.3, 0.4) is 0 Å². The fourth-order valence-corrected chi connectivity index (χ4v) is 6.11. The Hall–Kier alpha value is -4.16. The molecule has 0 aromatic carbocycles. The van der Waals surface area contributed by atoms with Gasteiger partial charge in [0.25, 0.3) is 0 Å². The van der Waals surface area contributed by atoms with Crippen LogP contribution < -0.4 is 5.32 Å². The lowest BCUT2D eigenvalue weighted by Gasteiger charge is -2.43. The second-order valence-electron chi connectivity index (χ2n) is 11.6. The fraction of sp³-hybridized carbons (Fsp3) is 0.467. The summed E-state index contributed by atoms with van der Waals surface area (Å²) in [6.45, 7) is 3.73. The van der Waals surface area contributed by atoms with Gasteiger partial charge in [0.05, 0.1) is 41.8 Å². The van der Waals surface area contributed by atoms with Crippen molar-refractivity contribution in [2.75, 3.05) is 31.6 Å². The molecule has 2 aliphatic heterocycles. The molecule has 4 aromatic rings. The number of carbonyl (C=O) groups excluding carboxylic acids is 2. The largest absolute Gasteiger partial charge is 0.395 e. The Kier molecular flexibility index (Phi) is 7.27. The topological polar surface area (TPSA) is 151 Å². The normalized spacial score (nSPS) is 19.2. The lowest BCUT2D eigenvalue weighted by Crippen LogP contribution is -2.53. The lowest BCUT2D eigenvalue weighted by atomic mass is 9.81. The molecule has 6 heterocycles. The monoisotopic (exact) mass is 572 g/mol. The van der Waals surface area contributed by atoms with Crippen LogP contribution in [0.2, 0.25) is 0 Å². The van der Waals surface area contributed by atoms with Gasteiger partial charge >= 0.3 is 0 Å². The highest BCUT2D eigenvalue weighted by Gasteiger charge is 2.42. The quantitative estimate of drug-likeness (QED) is 0.304. The van der Waals surface area contributed by atoms with Crippen molar-refractivity contribution < 1.29 is 19.8 Å². The number of hydrogen-bond acceptors (Lipinski definition) is 9. The number of fused-ring (bicyclic) bond motifs is 3. The van der Waals surface area contributed by atoms with E-state index < -0.39 is 18.6 Å². The van der Waals surface area contributed by atoms with Gasteiger partial charge in [0, 0.05) is 62.0 Å². The number of anilines is 1. The Morgan fingerprint density at radius 2 is 1.98 bits per heavy atom. The summed E-state index contributed by atoms with van der Waals surface area (Å²) >= 11 is 0. The standard InChI is InChI=1S/C30H36N8O4/c1-4-20-13-18(8-12-37(20)29(42)30(2,16-39)17-40)26-25-24(41)7-10-31-28(25)38-27(34-26)21(15-33-38)19-5-6-22(32-14-19)23-9-11-36(3)35-23/h5-6,9,11,14-15,18,20,31,39-40H,4,7-8,10,12-13,16-17H2,1-3H3. The number of aromatic nitrogens is 6. The van der Waals surface area contributed by atoms with Crippen LogP contribution >= 0.6 is 0 Å². The second kappa shape index (κ2) is 10.9. The molecule has 2 atom stereocenters. The first-order valence-electron chi connectivity index (χ1n) is 14.5. The predicted molar refractivity (Wildman–Crippen MR) is 156 cm³/mol. The molecular weight excluding hydrogens is 536 g/mol. The van der Waals surface area contributed by atoms with Gasteiger partial charge in [-0.15, -0.1) is 0 Å². The maximum atomic E-state index is 13.3. The third-order valence-electron chi connectivity index (χ3n) is 8.70. The molecule has 12 nitrogen and oxygen atoms in total. The molecule has 6 rings (SSSR count). The molecule has 3 N–H and O–H groups in total. The van der Waals surface area contributed by atoms with Crippen molar-refractivity contribution in [3.8, 4) is 22.5 Å². The predicted octanol–water partition coefficient (Wildman–Crippen LogP) is 2.67. The number of rotatable bonds is 7. The molecule has 0 bridgehead atoms. The zero-order chi connectivity index (χ0) is 29.6. The van der Waals surface area contributed by atoms with Crippen molar-refractivity contribution in [1.82, 2.24) is 34.3 Å². The lowest BCUT2D eigenvalue weighted by molar-refractivity contribution is -0.150. The summed E-state index contributed by atoms with van der Waals surface area (Å²) in [5, 5.41) is 32.1. The zero-order valence-electron chi connectivity index (χ0n) is 24.1. The van der Waals surface area contributed by atoms with Crippen LogP contribution in [0, 0.1) is 5.41 Å². The maximum absolute atomic E-state index is 13.3. The summed E-state index contributed by atoms with van der Waals surface area (Å²) in [5.41, 5.74) is 3.91. The summed E-state index contributed by atoms with van der Waals surface area (Å²) in [6.07, 6.45) is 7.74. The number of likely N-dealkylation sites (tertiary alicyclic amines) is 1. The number of piperidine rings is 1. The summed E-state index contributed by atoms with van der Waals surface area (Å²) in [5.74, 6) is 0.380. The van der Waals surface area contributed by atoms with E-state index in [1.807, 2.05) is 38.4 Å². The van der Waals surface area contributed by atoms with Crippen molar-refractivity contribution in [2.45, 2.75) is 51.5 Å². The summed E-state index contributed by atoms with van der Waals surface area (Å²) < 4.78 is 3.45. The Balaban J connectivity index is 1.38. The maximum Gasteiger partial charge on any atom is 0.233 e. The number of Topliss-reactive ketones (excluding diaryl/α,β-unsaturated/α-hetero) is 1. The van der Waals surface area contributed by atoms with E-state index in [1.165, 1.54) is 0 Å². The summed E-state index contributed by atoms with van der Waals surface area (Å²) in [7, 11) is 1.87. The molecule has 220 valence electrons. The highest BCUT2D eigenvalue weighted by atomic mass is 16.3. The average molecular weight is 573 g/mol. The smallest absolute Gasteiger partial charge is 0.233 e.